The van der Waals surface area contributed by atoms with Crippen LogP contribution in [-0.2, 0) is 11.3 Å². The van der Waals surface area contributed by atoms with E-state index in [2.05, 4.69) is 21.6 Å². The summed E-state index contributed by atoms with van der Waals surface area (Å²) in [6.45, 7) is 7.32. The zero-order valence-electron chi connectivity index (χ0n) is 17.7. The second-order valence-electron chi connectivity index (χ2n) is 7.59. The third kappa shape index (κ3) is 3.72. The molecule has 4 aromatic rings. The summed E-state index contributed by atoms with van der Waals surface area (Å²) in [6.07, 6.45) is 0. The minimum Gasteiger partial charge on any atom is -0.322 e. The van der Waals surface area contributed by atoms with Crippen LogP contribution in [0.3, 0.4) is 0 Å². The Bertz CT molecular complexity index is 1390. The van der Waals surface area contributed by atoms with Crippen molar-refractivity contribution in [2.45, 2.75) is 34.2 Å². The summed E-state index contributed by atoms with van der Waals surface area (Å²) < 4.78 is 16.6. The second kappa shape index (κ2) is 7.79. The summed E-state index contributed by atoms with van der Waals surface area (Å²) in [7, 11) is 0. The number of para-hydroxylation sites is 1. The topological polar surface area (TPSA) is 81.8 Å². The van der Waals surface area contributed by atoms with Crippen molar-refractivity contribution < 1.29 is 9.18 Å². The van der Waals surface area contributed by atoms with E-state index in [1.807, 2.05) is 32.9 Å². The molecular formula is C23H22FN5O2. The van der Waals surface area contributed by atoms with Crippen LogP contribution in [0.15, 0.2) is 47.3 Å². The van der Waals surface area contributed by atoms with Crippen molar-refractivity contribution >= 4 is 22.5 Å². The number of nitrogens with one attached hydrogen (secondary N) is 1. The molecule has 0 aliphatic heterocycles. The number of carbonyl (C=O) groups is 1. The highest BCUT2D eigenvalue weighted by atomic mass is 19.1. The van der Waals surface area contributed by atoms with Crippen LogP contribution < -0.4 is 10.9 Å². The number of aromatic nitrogens is 4. The largest absolute Gasteiger partial charge is 0.322 e. The molecule has 2 aromatic heterocycles. The molecule has 7 nitrogen and oxygen atoms in total. The SMILES string of the molecule is Cc1ccc(-n2nc3c(=O)n(CC(=O)Nc4ccccc4F)nc(C)c3c2C)c(C)c1. The van der Waals surface area contributed by atoms with E-state index in [4.69, 9.17) is 0 Å². The van der Waals surface area contributed by atoms with Gasteiger partial charge in [-0.05, 0) is 51.5 Å². The molecule has 0 fully saturated rings. The maximum atomic E-state index is 13.8. The maximum absolute atomic E-state index is 13.8. The number of carbonyl (C=O) groups excluding carboxylic acids is 1. The highest BCUT2D eigenvalue weighted by Gasteiger charge is 2.19. The standard InChI is InChI=1S/C23H22FN5O2/c1-13-9-10-19(14(2)11-13)29-16(4)21-15(3)26-28(23(31)22(21)27-29)12-20(30)25-18-8-6-5-7-17(18)24/h5-11H,12H2,1-4H3,(H,25,30). The van der Waals surface area contributed by atoms with Crippen LogP contribution >= 0.6 is 0 Å². The Labute approximate surface area is 178 Å². The van der Waals surface area contributed by atoms with Gasteiger partial charge in [0, 0.05) is 0 Å². The first-order chi connectivity index (χ1) is 14.8. The quantitative estimate of drug-likeness (QED) is 0.548. The van der Waals surface area contributed by atoms with Crippen LogP contribution in [0.25, 0.3) is 16.6 Å². The van der Waals surface area contributed by atoms with Crippen LogP contribution in [-0.4, -0.2) is 25.5 Å². The number of aryl methyl sites for hydroxylation is 4. The first kappa shape index (κ1) is 20.5. The number of amides is 1. The van der Waals surface area contributed by atoms with E-state index in [1.165, 1.54) is 18.2 Å². The molecule has 0 radical (unpaired) electrons. The molecule has 0 aliphatic rings. The molecular weight excluding hydrogens is 397 g/mol. The highest BCUT2D eigenvalue weighted by Crippen LogP contribution is 2.23. The van der Waals surface area contributed by atoms with E-state index >= 15 is 0 Å². The Morgan fingerprint density at radius 3 is 2.52 bits per heavy atom. The molecule has 4 rings (SSSR count). The second-order valence-corrected chi connectivity index (χ2v) is 7.59. The van der Waals surface area contributed by atoms with Gasteiger partial charge in [-0.1, -0.05) is 29.8 Å². The Morgan fingerprint density at radius 2 is 1.81 bits per heavy atom. The number of hydrogen-bond donors (Lipinski definition) is 1. The molecule has 31 heavy (non-hydrogen) atoms. The molecule has 0 saturated carbocycles. The van der Waals surface area contributed by atoms with Gasteiger partial charge in [0.2, 0.25) is 5.91 Å². The molecule has 0 bridgehead atoms. The normalized spacial score (nSPS) is 11.1. The average Bonchev–Trinajstić information content (AvgIpc) is 3.05. The summed E-state index contributed by atoms with van der Waals surface area (Å²) in [5, 5.41) is 12.0. The van der Waals surface area contributed by atoms with Gasteiger partial charge in [0.25, 0.3) is 5.56 Å². The highest BCUT2D eigenvalue weighted by molar-refractivity contribution is 5.91. The lowest BCUT2D eigenvalue weighted by molar-refractivity contribution is -0.117. The summed E-state index contributed by atoms with van der Waals surface area (Å²) in [4.78, 5) is 25.4. The molecule has 1 N–H and O–H groups in total. The lowest BCUT2D eigenvalue weighted by Crippen LogP contribution is -2.30. The van der Waals surface area contributed by atoms with Gasteiger partial charge in [-0.3, -0.25) is 9.59 Å². The number of nitrogens with zero attached hydrogens (tertiary/aromatic N) is 4. The molecule has 0 spiro atoms. The minimum absolute atomic E-state index is 0.0494. The molecule has 8 heteroatoms. The Hall–Kier alpha value is -3.81. The van der Waals surface area contributed by atoms with Gasteiger partial charge < -0.3 is 5.32 Å². The summed E-state index contributed by atoms with van der Waals surface area (Å²) >= 11 is 0. The molecule has 0 unspecified atom stereocenters. The van der Waals surface area contributed by atoms with Gasteiger partial charge in [-0.25, -0.2) is 13.8 Å². The van der Waals surface area contributed by atoms with Crippen LogP contribution in [0.2, 0.25) is 0 Å². The molecule has 2 aromatic carbocycles. The maximum Gasteiger partial charge on any atom is 0.295 e. The fourth-order valence-corrected chi connectivity index (χ4v) is 3.76. The van der Waals surface area contributed by atoms with Crippen molar-refractivity contribution in [1.82, 2.24) is 19.6 Å². The first-order valence-electron chi connectivity index (χ1n) is 9.85. The Balaban J connectivity index is 1.74. The van der Waals surface area contributed by atoms with E-state index in [9.17, 15) is 14.0 Å². The van der Waals surface area contributed by atoms with E-state index in [0.717, 1.165) is 27.2 Å². The van der Waals surface area contributed by atoms with E-state index < -0.39 is 17.3 Å². The van der Waals surface area contributed by atoms with Gasteiger partial charge in [-0.2, -0.15) is 10.2 Å². The van der Waals surface area contributed by atoms with Crippen LogP contribution in [0.1, 0.15) is 22.5 Å². The van der Waals surface area contributed by atoms with Crippen molar-refractivity contribution in [3.8, 4) is 5.69 Å². The number of halogens is 1. The number of fused-ring (bicyclic) bond motifs is 1. The van der Waals surface area contributed by atoms with Crippen molar-refractivity contribution in [2.24, 2.45) is 0 Å². The van der Waals surface area contributed by atoms with E-state index in [-0.39, 0.29) is 17.7 Å². The molecule has 158 valence electrons. The summed E-state index contributed by atoms with van der Waals surface area (Å²) in [5.41, 5.74) is 4.24. The van der Waals surface area contributed by atoms with Crippen molar-refractivity contribution in [1.29, 1.82) is 0 Å². The lowest BCUT2D eigenvalue weighted by Gasteiger charge is -2.09. The summed E-state index contributed by atoms with van der Waals surface area (Å²) in [5.74, 6) is -1.10. The van der Waals surface area contributed by atoms with Crippen LogP contribution in [0, 0.1) is 33.5 Å². The smallest absolute Gasteiger partial charge is 0.295 e. The average molecular weight is 419 g/mol. The van der Waals surface area contributed by atoms with Gasteiger partial charge in [0.05, 0.1) is 28.1 Å². The Morgan fingerprint density at radius 1 is 1.06 bits per heavy atom. The monoisotopic (exact) mass is 419 g/mol. The van der Waals surface area contributed by atoms with Gasteiger partial charge in [-0.15, -0.1) is 0 Å². The molecule has 0 saturated heterocycles. The van der Waals surface area contributed by atoms with E-state index in [0.29, 0.717) is 11.1 Å². The fourth-order valence-electron chi connectivity index (χ4n) is 3.76. The predicted molar refractivity (Wildman–Crippen MR) is 117 cm³/mol. The molecule has 2 heterocycles. The first-order valence-corrected chi connectivity index (χ1v) is 9.85. The zero-order valence-corrected chi connectivity index (χ0v) is 17.7. The number of hydrogen-bond acceptors (Lipinski definition) is 4. The fraction of sp³-hybridized carbons (Fsp3) is 0.217. The third-order valence-corrected chi connectivity index (χ3v) is 5.21. The number of rotatable bonds is 4. The van der Waals surface area contributed by atoms with E-state index in [1.54, 1.807) is 17.7 Å². The van der Waals surface area contributed by atoms with Gasteiger partial charge in [0.1, 0.15) is 12.4 Å². The van der Waals surface area contributed by atoms with Crippen molar-refractivity contribution in [3.05, 3.63) is 81.2 Å². The molecule has 1 amide bonds. The van der Waals surface area contributed by atoms with Crippen LogP contribution in [0.5, 0.6) is 0 Å². The van der Waals surface area contributed by atoms with Crippen molar-refractivity contribution in [3.63, 3.8) is 0 Å². The molecule has 0 atom stereocenters. The van der Waals surface area contributed by atoms with Gasteiger partial charge in [0.15, 0.2) is 5.52 Å². The summed E-state index contributed by atoms with van der Waals surface area (Å²) in [6, 6.07) is 11.9. The predicted octanol–water partition coefficient (Wildman–Crippen LogP) is 3.59. The van der Waals surface area contributed by atoms with Gasteiger partial charge >= 0.3 is 0 Å². The van der Waals surface area contributed by atoms with Crippen LogP contribution in [0.4, 0.5) is 10.1 Å². The van der Waals surface area contributed by atoms with Crippen molar-refractivity contribution in [2.75, 3.05) is 5.32 Å². The minimum atomic E-state index is -0.552. The zero-order chi connectivity index (χ0) is 22.3. The number of benzene rings is 2. The lowest BCUT2D eigenvalue weighted by atomic mass is 10.1. The Kier molecular flexibility index (Phi) is 5.14. The number of anilines is 1. The third-order valence-electron chi connectivity index (χ3n) is 5.21. The molecule has 0 aliphatic carbocycles.